The smallest absolute Gasteiger partial charge is 0.187 e. The minimum absolute atomic E-state index is 0.0968. The Kier molecular flexibility index (Phi) is 27.2. The van der Waals surface area contributed by atoms with Crippen LogP contribution >= 0.6 is 0 Å². The second kappa shape index (κ2) is 34.3. The molecule has 0 aromatic heterocycles. The van der Waals surface area contributed by atoms with Crippen molar-refractivity contribution in [2.45, 2.75) is 332 Å². The van der Waals surface area contributed by atoms with Crippen LogP contribution in [0.3, 0.4) is 0 Å². The van der Waals surface area contributed by atoms with Crippen molar-refractivity contribution in [1.29, 1.82) is 0 Å². The van der Waals surface area contributed by atoms with Gasteiger partial charge in [0.25, 0.3) is 0 Å². The van der Waals surface area contributed by atoms with Gasteiger partial charge in [-0.2, -0.15) is 0 Å². The summed E-state index contributed by atoms with van der Waals surface area (Å²) in [4.78, 5) is 0. The van der Waals surface area contributed by atoms with Crippen LogP contribution in [0.4, 0.5) is 0 Å². The van der Waals surface area contributed by atoms with Crippen LogP contribution < -0.4 is 0 Å². The van der Waals surface area contributed by atoms with Crippen molar-refractivity contribution in [3.63, 3.8) is 0 Å². The van der Waals surface area contributed by atoms with E-state index in [9.17, 15) is 117 Å². The Labute approximate surface area is 616 Å². The quantitative estimate of drug-likeness (QED) is 0.0399. The van der Waals surface area contributed by atoms with Crippen LogP contribution in [0.25, 0.3) is 0 Å². The van der Waals surface area contributed by atoms with Gasteiger partial charge in [0.05, 0.1) is 64.6 Å². The molecule has 8 heterocycles. The normalized spacial score (nSPS) is 55.5. The fourth-order valence-corrected chi connectivity index (χ4v) is 20.0. The molecule has 0 aromatic carbocycles. The Morgan fingerprint density at radius 1 is 0.383 bits per heavy atom. The minimum atomic E-state index is -2.30. The van der Waals surface area contributed by atoms with Gasteiger partial charge in [-0.25, -0.2) is 0 Å². The molecule has 107 heavy (non-hydrogen) atoms. The lowest BCUT2D eigenvalue weighted by Crippen LogP contribution is -2.69. The average molecular weight is 1550 g/mol. The first-order valence-corrected chi connectivity index (χ1v) is 37.8. The SMILES string of the molecule is CC(CCC1(O)OC2CC3C4CCC5CC(OC6OC(CO)C(OC7OC(CO)C(O)C(OC8OC(CO)C(OC9OC(C)C(O)C(O)C9O)C(O)C8O)C7OC7OC(CO)C(O)C(OC8OC(CO)C(O)C(O)C8O)C7O)C(O)C6O)CCC5(C)C4CCC3(C)C2C1C)COC1OC(CO)C(O)C(O)C1O. The van der Waals surface area contributed by atoms with Gasteiger partial charge in [-0.05, 0) is 111 Å². The summed E-state index contributed by atoms with van der Waals surface area (Å²) in [5.74, 6) is -0.376. The van der Waals surface area contributed by atoms with Gasteiger partial charge in [-0.1, -0.05) is 27.7 Å². The summed E-state index contributed by atoms with van der Waals surface area (Å²) in [5, 5.41) is 253. The Balaban J connectivity index is 0.718. The van der Waals surface area contributed by atoms with E-state index in [0.29, 0.717) is 43.4 Å². The molecule has 38 heteroatoms. The second-order valence-corrected chi connectivity index (χ2v) is 32.7. The number of fused-ring (bicyclic) bond motifs is 7. The molecule has 8 saturated heterocycles. The van der Waals surface area contributed by atoms with E-state index in [1.165, 1.54) is 6.92 Å². The van der Waals surface area contributed by atoms with E-state index in [0.717, 1.165) is 38.5 Å². The summed E-state index contributed by atoms with van der Waals surface area (Å²) in [7, 11) is 0. The zero-order valence-corrected chi connectivity index (χ0v) is 60.3. The first-order chi connectivity index (χ1) is 50.7. The first kappa shape index (κ1) is 84.9. The number of rotatable bonds is 24. The monoisotopic (exact) mass is 1550 g/mol. The van der Waals surface area contributed by atoms with E-state index in [-0.39, 0.29) is 47.2 Å². The lowest BCUT2D eigenvalue weighted by molar-refractivity contribution is -0.414. The second-order valence-electron chi connectivity index (χ2n) is 32.7. The maximum atomic E-state index is 12.2. The Morgan fingerprint density at radius 2 is 0.813 bits per heavy atom. The lowest BCUT2D eigenvalue weighted by atomic mass is 9.44. The standard InChI is InChI=1S/C69H116O38/c1-23(22-93-60-49(86)45(82)40(77)32(16-70)96-60)8-13-69(92)24(2)38-31(107-69)15-30-28-7-6-26-14-27(9-11-67(26,4)29(28)10-12-68(30,38)5)95-62-52(89)47(84)56(37(21-75)100-62)103-66-59(106-65-54(91)57(42(79)34(18-72)98-65)104-63-51(88)46(83)41(78)33(17-71)97-63)58(43(80)35(19-73)99-66)105-64-53(90)48(85)55(36(20-74)101-64)102-61-50(87)44(81)39(76)25(3)94-61/h23-66,70-92H,6-22H2,1-5H3. The highest BCUT2D eigenvalue weighted by Gasteiger charge is 2.69. The largest absolute Gasteiger partial charge is 0.394 e. The van der Waals surface area contributed by atoms with Gasteiger partial charge in [-0.3, -0.25) is 0 Å². The van der Waals surface area contributed by atoms with Crippen LogP contribution in [0.2, 0.25) is 0 Å². The summed E-state index contributed by atoms with van der Waals surface area (Å²) in [6.45, 7) is 4.56. The van der Waals surface area contributed by atoms with E-state index < -0.39 is 266 Å². The Hall–Kier alpha value is -1.52. The van der Waals surface area contributed by atoms with Gasteiger partial charge in [0.1, 0.15) is 165 Å². The van der Waals surface area contributed by atoms with E-state index in [1.807, 2.05) is 6.92 Å². The number of ether oxygens (including phenoxy) is 15. The van der Waals surface area contributed by atoms with Crippen LogP contribution in [0.15, 0.2) is 0 Å². The molecule has 8 aliphatic heterocycles. The third-order valence-electron chi connectivity index (χ3n) is 26.4. The summed E-state index contributed by atoms with van der Waals surface area (Å²) in [6, 6.07) is 0. The van der Waals surface area contributed by atoms with Crippen molar-refractivity contribution in [3.05, 3.63) is 0 Å². The molecule has 4 saturated carbocycles. The average Bonchev–Trinajstić information content (AvgIpc) is 1.49. The number of aliphatic hydroxyl groups is 23. The highest BCUT2D eigenvalue weighted by molar-refractivity contribution is 5.15. The lowest BCUT2D eigenvalue weighted by Gasteiger charge is -2.61. The molecular weight excluding hydrogens is 1440 g/mol. The van der Waals surface area contributed by atoms with Gasteiger partial charge in [0.15, 0.2) is 49.8 Å². The van der Waals surface area contributed by atoms with Crippen LogP contribution in [0.5, 0.6) is 0 Å². The Bertz CT molecular complexity index is 2830. The fraction of sp³-hybridized carbons (Fsp3) is 1.00. The molecule has 4 aliphatic carbocycles. The molecule has 0 aromatic rings. The van der Waals surface area contributed by atoms with Gasteiger partial charge in [-0.15, -0.1) is 0 Å². The van der Waals surface area contributed by atoms with Crippen LogP contribution in [0, 0.1) is 52.3 Å². The van der Waals surface area contributed by atoms with Gasteiger partial charge >= 0.3 is 0 Å². The third kappa shape index (κ3) is 16.0. The molecule has 12 rings (SSSR count). The van der Waals surface area contributed by atoms with E-state index in [2.05, 4.69) is 20.8 Å². The highest BCUT2D eigenvalue weighted by atomic mass is 16.8. The molecular formula is C69H116O38. The predicted octanol–water partition coefficient (Wildman–Crippen LogP) is -9.45. The van der Waals surface area contributed by atoms with E-state index in [1.54, 1.807) is 0 Å². The van der Waals surface area contributed by atoms with Crippen molar-refractivity contribution in [2.24, 2.45) is 52.3 Å². The highest BCUT2D eigenvalue weighted by Crippen LogP contribution is 2.71. The Morgan fingerprint density at radius 3 is 1.38 bits per heavy atom. The maximum absolute atomic E-state index is 12.2. The van der Waals surface area contributed by atoms with Crippen molar-refractivity contribution >= 4 is 0 Å². The molecule has 0 radical (unpaired) electrons. The van der Waals surface area contributed by atoms with Crippen molar-refractivity contribution in [1.82, 2.24) is 0 Å². The molecule has 0 spiro atoms. The number of hydrogen-bond donors (Lipinski definition) is 23. The molecule has 23 N–H and O–H groups in total. The minimum Gasteiger partial charge on any atom is -0.394 e. The zero-order valence-electron chi connectivity index (χ0n) is 60.3. The topological polar surface area (TPSA) is 604 Å². The van der Waals surface area contributed by atoms with Gasteiger partial charge in [0, 0.05) is 12.3 Å². The van der Waals surface area contributed by atoms with Crippen molar-refractivity contribution < 1.29 is 189 Å². The third-order valence-corrected chi connectivity index (χ3v) is 26.4. The van der Waals surface area contributed by atoms with E-state index in [4.69, 9.17) is 71.1 Å². The molecule has 0 bridgehead atoms. The molecule has 0 amide bonds. The first-order valence-electron chi connectivity index (χ1n) is 37.8. The summed E-state index contributed by atoms with van der Waals surface area (Å²) in [5.41, 5.74) is -0.227. The molecule has 38 nitrogen and oxygen atoms in total. The van der Waals surface area contributed by atoms with E-state index >= 15 is 0 Å². The van der Waals surface area contributed by atoms with Crippen molar-refractivity contribution in [3.8, 4) is 0 Å². The predicted molar refractivity (Wildman–Crippen MR) is 348 cm³/mol. The van der Waals surface area contributed by atoms with Crippen molar-refractivity contribution in [2.75, 3.05) is 46.2 Å². The molecule has 620 valence electrons. The number of hydrogen-bond acceptors (Lipinski definition) is 38. The molecule has 47 atom stereocenters. The van der Waals surface area contributed by atoms with Gasteiger partial charge < -0.3 is 189 Å². The summed E-state index contributed by atoms with van der Waals surface area (Å²) in [6.07, 6.45) is -58.4. The zero-order chi connectivity index (χ0) is 77.5. The van der Waals surface area contributed by atoms with Gasteiger partial charge in [0.2, 0.25) is 0 Å². The number of aliphatic hydroxyl groups excluding tert-OH is 22. The summed E-state index contributed by atoms with van der Waals surface area (Å²) < 4.78 is 90.2. The summed E-state index contributed by atoms with van der Waals surface area (Å²) >= 11 is 0. The fourth-order valence-electron chi connectivity index (χ4n) is 20.0. The molecule has 47 unspecified atom stereocenters. The van der Waals surface area contributed by atoms with Crippen LogP contribution in [-0.4, -0.2) is 397 Å². The van der Waals surface area contributed by atoms with Crippen LogP contribution in [0.1, 0.15) is 98.8 Å². The molecule has 12 aliphatic rings. The van der Waals surface area contributed by atoms with Crippen LogP contribution in [-0.2, 0) is 71.1 Å². The molecule has 12 fully saturated rings. The maximum Gasteiger partial charge on any atom is 0.187 e.